The van der Waals surface area contributed by atoms with Crippen molar-refractivity contribution in [2.75, 3.05) is 19.6 Å². The van der Waals surface area contributed by atoms with E-state index in [9.17, 15) is 13.6 Å². The zero-order chi connectivity index (χ0) is 14.0. The predicted molar refractivity (Wildman–Crippen MR) is 69.0 cm³/mol. The second kappa shape index (κ2) is 5.25. The molecular formula is C14H18F2N2O. The van der Waals surface area contributed by atoms with E-state index in [1.807, 2.05) is 13.8 Å². The molecule has 2 rings (SSSR count). The van der Waals surface area contributed by atoms with E-state index in [4.69, 9.17) is 0 Å². The normalized spacial score (nSPS) is 19.1. The average molecular weight is 268 g/mol. The molecule has 5 heteroatoms. The lowest BCUT2D eigenvalue weighted by atomic mass is 10.0. The van der Waals surface area contributed by atoms with E-state index >= 15 is 0 Å². The van der Waals surface area contributed by atoms with Crippen molar-refractivity contribution in [3.8, 4) is 0 Å². The number of nitrogens with one attached hydrogen (secondary N) is 1. The Morgan fingerprint density at radius 3 is 2.74 bits per heavy atom. The third-order valence-corrected chi connectivity index (χ3v) is 3.44. The van der Waals surface area contributed by atoms with Crippen molar-refractivity contribution in [1.29, 1.82) is 0 Å². The molecule has 0 aromatic heterocycles. The number of nitrogens with zero attached hydrogens (tertiary/aromatic N) is 1. The van der Waals surface area contributed by atoms with E-state index in [1.54, 1.807) is 4.90 Å². The fraction of sp³-hybridized carbons (Fsp3) is 0.500. The molecule has 1 aromatic carbocycles. The summed E-state index contributed by atoms with van der Waals surface area (Å²) in [6.45, 7) is 6.07. The van der Waals surface area contributed by atoms with Crippen molar-refractivity contribution in [3.63, 3.8) is 0 Å². The molecular weight excluding hydrogens is 250 g/mol. The van der Waals surface area contributed by atoms with Crippen LogP contribution in [0.2, 0.25) is 0 Å². The van der Waals surface area contributed by atoms with Crippen molar-refractivity contribution in [2.45, 2.75) is 25.8 Å². The molecule has 1 aromatic rings. The summed E-state index contributed by atoms with van der Waals surface area (Å²) in [6, 6.07) is 3.28. The number of carbonyl (C=O) groups excluding carboxylic acids is 1. The van der Waals surface area contributed by atoms with Crippen LogP contribution in [-0.4, -0.2) is 36.0 Å². The molecule has 1 saturated heterocycles. The molecule has 1 heterocycles. The quantitative estimate of drug-likeness (QED) is 0.846. The summed E-state index contributed by atoms with van der Waals surface area (Å²) in [4.78, 5) is 14.2. The Labute approximate surface area is 111 Å². The van der Waals surface area contributed by atoms with Crippen LogP contribution in [0.25, 0.3) is 0 Å². The second-order valence-corrected chi connectivity index (χ2v) is 5.43. The monoisotopic (exact) mass is 268 g/mol. The van der Waals surface area contributed by atoms with E-state index in [2.05, 4.69) is 5.32 Å². The van der Waals surface area contributed by atoms with Crippen LogP contribution in [0.15, 0.2) is 18.2 Å². The maximum Gasteiger partial charge on any atom is 0.254 e. The molecule has 1 aliphatic heterocycles. The fourth-order valence-corrected chi connectivity index (χ4v) is 2.32. The van der Waals surface area contributed by atoms with Crippen LogP contribution >= 0.6 is 0 Å². The fourth-order valence-electron chi connectivity index (χ4n) is 2.32. The van der Waals surface area contributed by atoms with E-state index < -0.39 is 11.6 Å². The van der Waals surface area contributed by atoms with Gasteiger partial charge in [-0.05, 0) is 45.0 Å². The first kappa shape index (κ1) is 13.9. The summed E-state index contributed by atoms with van der Waals surface area (Å²) in [7, 11) is 0. The van der Waals surface area contributed by atoms with Crippen LogP contribution in [-0.2, 0) is 0 Å². The molecule has 3 nitrogen and oxygen atoms in total. The maximum absolute atomic E-state index is 13.2. The molecule has 0 spiro atoms. The first-order valence-corrected chi connectivity index (χ1v) is 6.39. The van der Waals surface area contributed by atoms with Crippen molar-refractivity contribution in [3.05, 3.63) is 35.4 Å². The van der Waals surface area contributed by atoms with Gasteiger partial charge in [0.2, 0.25) is 0 Å². The lowest BCUT2D eigenvalue weighted by Gasteiger charge is -2.37. The highest BCUT2D eigenvalue weighted by Crippen LogP contribution is 2.20. The summed E-state index contributed by atoms with van der Waals surface area (Å²) in [6.07, 6.45) is 0.846. The van der Waals surface area contributed by atoms with Gasteiger partial charge in [-0.3, -0.25) is 4.79 Å². The van der Waals surface area contributed by atoms with Crippen LogP contribution in [0, 0.1) is 11.6 Å². The van der Waals surface area contributed by atoms with Crippen LogP contribution < -0.4 is 5.32 Å². The smallest absolute Gasteiger partial charge is 0.254 e. The third-order valence-electron chi connectivity index (χ3n) is 3.44. The Morgan fingerprint density at radius 2 is 2.05 bits per heavy atom. The number of carbonyl (C=O) groups is 1. The number of hydrogen-bond donors (Lipinski definition) is 1. The van der Waals surface area contributed by atoms with Gasteiger partial charge >= 0.3 is 0 Å². The SMILES string of the molecule is CC1(C)CNCCCN1C(=O)c1ccc(F)c(F)c1. The summed E-state index contributed by atoms with van der Waals surface area (Å²) in [5.41, 5.74) is -0.160. The Bertz CT molecular complexity index is 488. The van der Waals surface area contributed by atoms with Gasteiger partial charge in [-0.1, -0.05) is 0 Å². The largest absolute Gasteiger partial charge is 0.332 e. The molecule has 19 heavy (non-hydrogen) atoms. The van der Waals surface area contributed by atoms with E-state index in [0.29, 0.717) is 13.1 Å². The zero-order valence-electron chi connectivity index (χ0n) is 11.2. The van der Waals surface area contributed by atoms with E-state index in [-0.39, 0.29) is 17.0 Å². The van der Waals surface area contributed by atoms with Gasteiger partial charge in [0.25, 0.3) is 5.91 Å². The molecule has 0 unspecified atom stereocenters. The summed E-state index contributed by atoms with van der Waals surface area (Å²) in [5.74, 6) is -2.18. The number of hydrogen-bond acceptors (Lipinski definition) is 2. The van der Waals surface area contributed by atoms with Crippen molar-refractivity contribution in [1.82, 2.24) is 10.2 Å². The minimum atomic E-state index is -0.989. The van der Waals surface area contributed by atoms with Gasteiger partial charge in [0, 0.05) is 24.2 Å². The van der Waals surface area contributed by atoms with Gasteiger partial charge in [0.1, 0.15) is 0 Å². The Balaban J connectivity index is 2.28. The summed E-state index contributed by atoms with van der Waals surface area (Å²) in [5, 5.41) is 3.27. The van der Waals surface area contributed by atoms with Crippen LogP contribution in [0.3, 0.4) is 0 Å². The molecule has 0 radical (unpaired) electrons. The molecule has 0 atom stereocenters. The first-order chi connectivity index (χ1) is 8.92. The highest BCUT2D eigenvalue weighted by atomic mass is 19.2. The van der Waals surface area contributed by atoms with Crippen LogP contribution in [0.1, 0.15) is 30.6 Å². The lowest BCUT2D eigenvalue weighted by Crippen LogP contribution is -2.51. The molecule has 1 N–H and O–H groups in total. The molecule has 0 bridgehead atoms. The maximum atomic E-state index is 13.2. The van der Waals surface area contributed by atoms with Crippen molar-refractivity contribution >= 4 is 5.91 Å². The average Bonchev–Trinajstić information content (AvgIpc) is 2.52. The highest BCUT2D eigenvalue weighted by molar-refractivity contribution is 5.94. The van der Waals surface area contributed by atoms with Crippen LogP contribution in [0.4, 0.5) is 8.78 Å². The highest BCUT2D eigenvalue weighted by Gasteiger charge is 2.32. The predicted octanol–water partition coefficient (Wildman–Crippen LogP) is 2.18. The molecule has 1 fully saturated rings. The molecule has 1 aliphatic rings. The standard InChI is InChI=1S/C14H18F2N2O/c1-14(2)9-17-6-3-7-18(14)13(19)10-4-5-11(15)12(16)8-10/h4-5,8,17H,3,6-7,9H2,1-2H3. The van der Waals surface area contributed by atoms with Crippen molar-refractivity contribution < 1.29 is 13.6 Å². The second-order valence-electron chi connectivity index (χ2n) is 5.43. The van der Waals surface area contributed by atoms with Gasteiger partial charge < -0.3 is 10.2 Å². The Kier molecular flexibility index (Phi) is 3.85. The Hall–Kier alpha value is -1.49. The van der Waals surface area contributed by atoms with Gasteiger partial charge in [-0.25, -0.2) is 8.78 Å². The number of amides is 1. The molecule has 0 saturated carbocycles. The van der Waals surface area contributed by atoms with E-state index in [0.717, 1.165) is 25.1 Å². The zero-order valence-corrected chi connectivity index (χ0v) is 11.2. The molecule has 1 amide bonds. The molecule has 104 valence electrons. The topological polar surface area (TPSA) is 32.3 Å². The molecule has 0 aliphatic carbocycles. The lowest BCUT2D eigenvalue weighted by molar-refractivity contribution is 0.0577. The summed E-state index contributed by atoms with van der Waals surface area (Å²) >= 11 is 0. The number of halogens is 2. The van der Waals surface area contributed by atoms with Crippen LogP contribution in [0.5, 0.6) is 0 Å². The number of rotatable bonds is 1. The third kappa shape index (κ3) is 2.92. The first-order valence-electron chi connectivity index (χ1n) is 6.39. The Morgan fingerprint density at radius 1 is 1.32 bits per heavy atom. The van der Waals surface area contributed by atoms with Gasteiger partial charge in [-0.15, -0.1) is 0 Å². The number of benzene rings is 1. The minimum Gasteiger partial charge on any atom is -0.332 e. The van der Waals surface area contributed by atoms with Gasteiger partial charge in [-0.2, -0.15) is 0 Å². The van der Waals surface area contributed by atoms with Crippen molar-refractivity contribution in [2.24, 2.45) is 0 Å². The van der Waals surface area contributed by atoms with Gasteiger partial charge in [0.15, 0.2) is 11.6 Å². The van der Waals surface area contributed by atoms with Gasteiger partial charge in [0.05, 0.1) is 0 Å². The van der Waals surface area contributed by atoms with E-state index in [1.165, 1.54) is 6.07 Å². The minimum absolute atomic E-state index is 0.189. The summed E-state index contributed by atoms with van der Waals surface area (Å²) < 4.78 is 26.1.